The molecule has 0 saturated carbocycles. The molecular formula is C16H32N4. The third-order valence-electron chi connectivity index (χ3n) is 3.80. The Balaban J connectivity index is 1.78. The highest BCUT2D eigenvalue weighted by Crippen LogP contribution is 2.10. The van der Waals surface area contributed by atoms with Crippen LogP contribution in [-0.4, -0.2) is 21.3 Å². The second-order valence-corrected chi connectivity index (χ2v) is 5.72. The zero-order chi connectivity index (χ0) is 14.5. The molecule has 0 bridgehead atoms. The summed E-state index contributed by atoms with van der Waals surface area (Å²) in [5.74, 6) is 1.01. The van der Waals surface area contributed by atoms with Gasteiger partial charge in [0.05, 0.1) is 6.54 Å². The van der Waals surface area contributed by atoms with Crippen LogP contribution in [0.4, 0.5) is 0 Å². The molecular weight excluding hydrogens is 248 g/mol. The van der Waals surface area contributed by atoms with Crippen molar-refractivity contribution in [2.75, 3.05) is 6.54 Å². The first-order valence-corrected chi connectivity index (χ1v) is 8.38. The van der Waals surface area contributed by atoms with Crippen LogP contribution in [0.1, 0.15) is 77.0 Å². The minimum atomic E-state index is 0.827. The number of nitrogens with zero attached hydrogens (tertiary/aromatic N) is 3. The van der Waals surface area contributed by atoms with E-state index in [0.29, 0.717) is 0 Å². The first-order chi connectivity index (χ1) is 9.84. The zero-order valence-corrected chi connectivity index (χ0v) is 13.4. The first kappa shape index (κ1) is 17.2. The van der Waals surface area contributed by atoms with Crippen LogP contribution in [0, 0.1) is 0 Å². The molecule has 1 aromatic heterocycles. The molecule has 0 aliphatic rings. The second kappa shape index (κ2) is 11.9. The summed E-state index contributed by atoms with van der Waals surface area (Å²) in [6, 6.07) is 0. The van der Waals surface area contributed by atoms with E-state index < -0.39 is 0 Å². The number of unbranched alkanes of at least 4 members (excludes halogenated alkanes) is 9. The van der Waals surface area contributed by atoms with E-state index >= 15 is 0 Å². The predicted molar refractivity (Wildman–Crippen MR) is 84.6 cm³/mol. The van der Waals surface area contributed by atoms with Gasteiger partial charge in [0, 0.05) is 7.05 Å². The molecule has 0 amide bonds. The molecule has 0 unspecified atom stereocenters. The number of aromatic nitrogens is 3. The van der Waals surface area contributed by atoms with Crippen LogP contribution < -0.4 is 5.32 Å². The molecule has 20 heavy (non-hydrogen) atoms. The topological polar surface area (TPSA) is 42.7 Å². The van der Waals surface area contributed by atoms with Crippen molar-refractivity contribution in [1.29, 1.82) is 0 Å². The standard InChI is InChI=1S/C16H32N4/c1-3-4-5-6-7-8-9-10-11-12-13-17-14-16-19-18-15-20(16)2/h15,17H,3-14H2,1-2H3. The summed E-state index contributed by atoms with van der Waals surface area (Å²) in [6.45, 7) is 4.19. The Morgan fingerprint density at radius 2 is 1.55 bits per heavy atom. The smallest absolute Gasteiger partial charge is 0.146 e. The van der Waals surface area contributed by atoms with Crippen LogP contribution in [0.25, 0.3) is 0 Å². The lowest BCUT2D eigenvalue weighted by Gasteiger charge is -2.04. The SMILES string of the molecule is CCCCCCCCCCCCNCc1nncn1C. The summed E-state index contributed by atoms with van der Waals surface area (Å²) >= 11 is 0. The van der Waals surface area contributed by atoms with Crippen molar-refractivity contribution in [2.45, 2.75) is 77.7 Å². The van der Waals surface area contributed by atoms with Crippen molar-refractivity contribution in [2.24, 2.45) is 7.05 Å². The van der Waals surface area contributed by atoms with Gasteiger partial charge in [-0.2, -0.15) is 0 Å². The number of hydrogen-bond acceptors (Lipinski definition) is 3. The molecule has 4 nitrogen and oxygen atoms in total. The zero-order valence-electron chi connectivity index (χ0n) is 13.4. The summed E-state index contributed by atoms with van der Waals surface area (Å²) in [7, 11) is 1.98. The van der Waals surface area contributed by atoms with Gasteiger partial charge in [-0.3, -0.25) is 0 Å². The van der Waals surface area contributed by atoms with E-state index in [0.717, 1.165) is 18.9 Å². The van der Waals surface area contributed by atoms with E-state index in [9.17, 15) is 0 Å². The molecule has 0 fully saturated rings. The largest absolute Gasteiger partial charge is 0.320 e. The van der Waals surface area contributed by atoms with Gasteiger partial charge in [0.2, 0.25) is 0 Å². The van der Waals surface area contributed by atoms with Crippen LogP contribution in [0.15, 0.2) is 6.33 Å². The van der Waals surface area contributed by atoms with Gasteiger partial charge in [0.1, 0.15) is 12.2 Å². The normalized spacial score (nSPS) is 11.1. The van der Waals surface area contributed by atoms with E-state index in [2.05, 4.69) is 22.4 Å². The molecule has 116 valence electrons. The van der Waals surface area contributed by atoms with Crippen LogP contribution >= 0.6 is 0 Å². The molecule has 0 aliphatic carbocycles. The van der Waals surface area contributed by atoms with E-state index in [1.165, 1.54) is 64.2 Å². The van der Waals surface area contributed by atoms with Gasteiger partial charge >= 0.3 is 0 Å². The van der Waals surface area contributed by atoms with Crippen molar-refractivity contribution in [3.63, 3.8) is 0 Å². The Morgan fingerprint density at radius 3 is 2.10 bits per heavy atom. The Morgan fingerprint density at radius 1 is 0.950 bits per heavy atom. The van der Waals surface area contributed by atoms with Crippen LogP contribution in [0.2, 0.25) is 0 Å². The predicted octanol–water partition coefficient (Wildman–Crippen LogP) is 3.83. The molecule has 0 spiro atoms. The molecule has 0 aliphatic heterocycles. The van der Waals surface area contributed by atoms with Crippen LogP contribution in [-0.2, 0) is 13.6 Å². The molecule has 4 heteroatoms. The third-order valence-corrected chi connectivity index (χ3v) is 3.80. The Kier molecular flexibility index (Phi) is 10.2. The third kappa shape index (κ3) is 8.31. The first-order valence-electron chi connectivity index (χ1n) is 8.38. The molecule has 1 aromatic rings. The molecule has 1 N–H and O–H groups in total. The lowest BCUT2D eigenvalue weighted by Crippen LogP contribution is -2.17. The summed E-state index contributed by atoms with van der Waals surface area (Å²) in [5.41, 5.74) is 0. The summed E-state index contributed by atoms with van der Waals surface area (Å²) in [6.07, 6.45) is 15.7. The van der Waals surface area contributed by atoms with Crippen molar-refractivity contribution >= 4 is 0 Å². The van der Waals surface area contributed by atoms with Gasteiger partial charge < -0.3 is 9.88 Å². The highest BCUT2D eigenvalue weighted by Gasteiger charge is 1.98. The number of aryl methyl sites for hydroxylation is 1. The molecule has 1 rings (SSSR count). The fraction of sp³-hybridized carbons (Fsp3) is 0.875. The maximum Gasteiger partial charge on any atom is 0.146 e. The number of hydrogen-bond donors (Lipinski definition) is 1. The monoisotopic (exact) mass is 280 g/mol. The minimum absolute atomic E-state index is 0.827. The minimum Gasteiger partial charge on any atom is -0.320 e. The highest BCUT2D eigenvalue weighted by molar-refractivity contribution is 4.82. The quantitative estimate of drug-likeness (QED) is 0.558. The van der Waals surface area contributed by atoms with Crippen molar-refractivity contribution < 1.29 is 0 Å². The molecule has 0 saturated heterocycles. The Hall–Kier alpha value is -0.900. The van der Waals surface area contributed by atoms with Gasteiger partial charge in [-0.15, -0.1) is 10.2 Å². The lowest BCUT2D eigenvalue weighted by molar-refractivity contribution is 0.538. The van der Waals surface area contributed by atoms with Crippen LogP contribution in [0.3, 0.4) is 0 Å². The maximum atomic E-state index is 4.06. The maximum absolute atomic E-state index is 4.06. The van der Waals surface area contributed by atoms with Crippen molar-refractivity contribution in [1.82, 2.24) is 20.1 Å². The van der Waals surface area contributed by atoms with Crippen LogP contribution in [0.5, 0.6) is 0 Å². The Labute approximate surface area is 124 Å². The van der Waals surface area contributed by atoms with E-state index in [-0.39, 0.29) is 0 Å². The molecule has 0 aromatic carbocycles. The average Bonchev–Trinajstić information content (AvgIpc) is 2.85. The van der Waals surface area contributed by atoms with Crippen molar-refractivity contribution in [3.05, 3.63) is 12.2 Å². The Bertz CT molecular complexity index is 322. The van der Waals surface area contributed by atoms with Gasteiger partial charge in [0.25, 0.3) is 0 Å². The van der Waals surface area contributed by atoms with E-state index in [4.69, 9.17) is 0 Å². The fourth-order valence-electron chi connectivity index (χ4n) is 2.40. The van der Waals surface area contributed by atoms with E-state index in [1.807, 2.05) is 11.6 Å². The summed E-state index contributed by atoms with van der Waals surface area (Å²) in [4.78, 5) is 0. The van der Waals surface area contributed by atoms with Gasteiger partial charge in [-0.1, -0.05) is 64.7 Å². The molecule has 0 atom stereocenters. The lowest BCUT2D eigenvalue weighted by atomic mass is 10.1. The van der Waals surface area contributed by atoms with Crippen molar-refractivity contribution in [3.8, 4) is 0 Å². The van der Waals surface area contributed by atoms with Gasteiger partial charge in [0.15, 0.2) is 0 Å². The summed E-state index contributed by atoms with van der Waals surface area (Å²) < 4.78 is 1.96. The van der Waals surface area contributed by atoms with E-state index in [1.54, 1.807) is 6.33 Å². The number of nitrogens with one attached hydrogen (secondary N) is 1. The molecule has 0 radical (unpaired) electrons. The van der Waals surface area contributed by atoms with Gasteiger partial charge in [-0.05, 0) is 13.0 Å². The molecule has 1 heterocycles. The fourth-order valence-corrected chi connectivity index (χ4v) is 2.40. The number of rotatable bonds is 13. The van der Waals surface area contributed by atoms with Gasteiger partial charge in [-0.25, -0.2) is 0 Å². The highest BCUT2D eigenvalue weighted by atomic mass is 15.3. The summed E-state index contributed by atoms with van der Waals surface area (Å²) in [5, 5.41) is 11.4. The average molecular weight is 280 g/mol. The second-order valence-electron chi connectivity index (χ2n) is 5.72.